The van der Waals surface area contributed by atoms with Crippen LogP contribution in [0.15, 0.2) is 0 Å². The van der Waals surface area contributed by atoms with Gasteiger partial charge in [0.05, 0.1) is 6.04 Å². The van der Waals surface area contributed by atoms with Crippen molar-refractivity contribution in [1.82, 2.24) is 10.2 Å². The first kappa shape index (κ1) is 16.4. The SMILES string of the molecule is CC(C)CC(N)C(=O)NCC(C(C)C)N1CCCC1. The lowest BCUT2D eigenvalue weighted by Gasteiger charge is -2.31. The number of nitrogens with one attached hydrogen (secondary N) is 1. The molecule has 4 nitrogen and oxygen atoms in total. The van der Waals surface area contributed by atoms with Gasteiger partial charge in [0, 0.05) is 12.6 Å². The molecule has 0 saturated carbocycles. The molecule has 1 heterocycles. The van der Waals surface area contributed by atoms with Gasteiger partial charge in [-0.1, -0.05) is 27.7 Å². The zero-order valence-electron chi connectivity index (χ0n) is 13.0. The highest BCUT2D eigenvalue weighted by molar-refractivity contribution is 5.81. The van der Waals surface area contributed by atoms with E-state index in [1.165, 1.54) is 12.8 Å². The number of hydrogen-bond acceptors (Lipinski definition) is 3. The summed E-state index contributed by atoms with van der Waals surface area (Å²) >= 11 is 0. The van der Waals surface area contributed by atoms with E-state index < -0.39 is 0 Å². The van der Waals surface area contributed by atoms with Crippen LogP contribution in [0.2, 0.25) is 0 Å². The third-order valence-corrected chi connectivity index (χ3v) is 3.93. The van der Waals surface area contributed by atoms with E-state index >= 15 is 0 Å². The molecule has 1 aliphatic rings. The van der Waals surface area contributed by atoms with Crippen molar-refractivity contribution in [2.75, 3.05) is 19.6 Å². The largest absolute Gasteiger partial charge is 0.353 e. The fraction of sp³-hybridized carbons (Fsp3) is 0.933. The molecule has 0 aliphatic carbocycles. The monoisotopic (exact) mass is 269 g/mol. The van der Waals surface area contributed by atoms with E-state index in [0.717, 1.165) is 26.1 Å². The molecule has 2 unspecified atom stereocenters. The molecular formula is C15H31N3O. The van der Waals surface area contributed by atoms with Crippen molar-refractivity contribution in [1.29, 1.82) is 0 Å². The van der Waals surface area contributed by atoms with Crippen molar-refractivity contribution < 1.29 is 4.79 Å². The van der Waals surface area contributed by atoms with E-state index in [-0.39, 0.29) is 11.9 Å². The molecule has 1 amide bonds. The van der Waals surface area contributed by atoms with Crippen LogP contribution in [-0.2, 0) is 4.79 Å². The van der Waals surface area contributed by atoms with Gasteiger partial charge in [0.25, 0.3) is 0 Å². The van der Waals surface area contributed by atoms with Crippen LogP contribution in [0.1, 0.15) is 47.0 Å². The van der Waals surface area contributed by atoms with Crippen LogP contribution in [0, 0.1) is 11.8 Å². The maximum Gasteiger partial charge on any atom is 0.236 e. The number of nitrogens with zero attached hydrogens (tertiary/aromatic N) is 1. The predicted octanol–water partition coefficient (Wildman–Crippen LogP) is 1.60. The highest BCUT2D eigenvalue weighted by Crippen LogP contribution is 2.17. The summed E-state index contributed by atoms with van der Waals surface area (Å²) in [5.74, 6) is 1.01. The van der Waals surface area contributed by atoms with Gasteiger partial charge in [0.15, 0.2) is 0 Å². The summed E-state index contributed by atoms with van der Waals surface area (Å²) in [5, 5.41) is 3.04. The van der Waals surface area contributed by atoms with Crippen LogP contribution in [0.25, 0.3) is 0 Å². The first-order chi connectivity index (χ1) is 8.91. The quantitative estimate of drug-likeness (QED) is 0.738. The molecule has 1 saturated heterocycles. The number of likely N-dealkylation sites (tertiary alicyclic amines) is 1. The summed E-state index contributed by atoms with van der Waals surface area (Å²) < 4.78 is 0. The normalized spacial score (nSPS) is 19.9. The molecule has 1 aliphatic heterocycles. The van der Waals surface area contributed by atoms with E-state index in [1.807, 2.05) is 0 Å². The van der Waals surface area contributed by atoms with Crippen molar-refractivity contribution in [3.63, 3.8) is 0 Å². The van der Waals surface area contributed by atoms with Crippen LogP contribution >= 0.6 is 0 Å². The first-order valence-electron chi connectivity index (χ1n) is 7.69. The van der Waals surface area contributed by atoms with Gasteiger partial charge in [-0.15, -0.1) is 0 Å². The van der Waals surface area contributed by atoms with Gasteiger partial charge >= 0.3 is 0 Å². The Morgan fingerprint density at radius 1 is 1.21 bits per heavy atom. The number of carbonyl (C=O) groups excluding carboxylic acids is 1. The van der Waals surface area contributed by atoms with Gasteiger partial charge in [-0.3, -0.25) is 9.69 Å². The van der Waals surface area contributed by atoms with Gasteiger partial charge in [0.1, 0.15) is 0 Å². The van der Waals surface area contributed by atoms with Crippen molar-refractivity contribution in [3.8, 4) is 0 Å². The van der Waals surface area contributed by atoms with E-state index in [0.29, 0.717) is 17.9 Å². The topological polar surface area (TPSA) is 58.4 Å². The van der Waals surface area contributed by atoms with E-state index in [9.17, 15) is 4.79 Å². The average molecular weight is 269 g/mol. The Bertz CT molecular complexity index is 273. The molecule has 3 N–H and O–H groups in total. The molecule has 1 fully saturated rings. The van der Waals surface area contributed by atoms with Gasteiger partial charge in [-0.25, -0.2) is 0 Å². The lowest BCUT2D eigenvalue weighted by atomic mass is 10.0. The Morgan fingerprint density at radius 3 is 2.26 bits per heavy atom. The number of hydrogen-bond donors (Lipinski definition) is 2. The molecule has 0 spiro atoms. The molecule has 19 heavy (non-hydrogen) atoms. The number of carbonyl (C=O) groups is 1. The summed E-state index contributed by atoms with van der Waals surface area (Å²) in [4.78, 5) is 14.5. The second-order valence-corrected chi connectivity index (χ2v) is 6.54. The Labute approximate surface area is 118 Å². The van der Waals surface area contributed by atoms with Crippen molar-refractivity contribution in [2.24, 2.45) is 17.6 Å². The Balaban J connectivity index is 2.40. The molecule has 0 aromatic carbocycles. The number of rotatable bonds is 7. The summed E-state index contributed by atoms with van der Waals surface area (Å²) in [7, 11) is 0. The molecule has 112 valence electrons. The maximum absolute atomic E-state index is 12.0. The lowest BCUT2D eigenvalue weighted by molar-refractivity contribution is -0.123. The fourth-order valence-corrected chi connectivity index (χ4v) is 2.81. The minimum Gasteiger partial charge on any atom is -0.353 e. The van der Waals surface area contributed by atoms with E-state index in [1.54, 1.807) is 0 Å². The molecule has 0 radical (unpaired) electrons. The number of amides is 1. The minimum absolute atomic E-state index is 0.00135. The Morgan fingerprint density at radius 2 is 1.79 bits per heavy atom. The third kappa shape index (κ3) is 5.49. The molecule has 1 rings (SSSR count). The first-order valence-corrected chi connectivity index (χ1v) is 7.69. The van der Waals surface area contributed by atoms with Crippen molar-refractivity contribution in [2.45, 2.75) is 59.0 Å². The lowest BCUT2D eigenvalue weighted by Crippen LogP contribution is -2.49. The van der Waals surface area contributed by atoms with Crippen LogP contribution in [0.4, 0.5) is 0 Å². The predicted molar refractivity (Wildman–Crippen MR) is 79.9 cm³/mol. The Kier molecular flexibility index (Phi) is 6.80. The average Bonchev–Trinajstić information content (AvgIpc) is 2.81. The molecular weight excluding hydrogens is 238 g/mol. The zero-order valence-corrected chi connectivity index (χ0v) is 13.0. The van der Waals surface area contributed by atoms with Crippen molar-refractivity contribution in [3.05, 3.63) is 0 Å². The highest BCUT2D eigenvalue weighted by atomic mass is 16.2. The Hall–Kier alpha value is -0.610. The molecule has 4 heteroatoms. The van der Waals surface area contributed by atoms with Crippen LogP contribution in [-0.4, -0.2) is 42.5 Å². The molecule has 0 bridgehead atoms. The summed E-state index contributed by atoms with van der Waals surface area (Å²) in [5.41, 5.74) is 5.91. The third-order valence-electron chi connectivity index (χ3n) is 3.93. The number of nitrogens with two attached hydrogens (primary N) is 1. The minimum atomic E-state index is -0.369. The highest BCUT2D eigenvalue weighted by Gasteiger charge is 2.25. The van der Waals surface area contributed by atoms with E-state index in [2.05, 4.69) is 37.9 Å². The maximum atomic E-state index is 12.0. The second-order valence-electron chi connectivity index (χ2n) is 6.54. The zero-order chi connectivity index (χ0) is 14.4. The molecule has 2 atom stereocenters. The van der Waals surface area contributed by atoms with Crippen molar-refractivity contribution >= 4 is 5.91 Å². The van der Waals surface area contributed by atoms with Gasteiger partial charge < -0.3 is 11.1 Å². The van der Waals surface area contributed by atoms with Gasteiger partial charge in [-0.05, 0) is 44.2 Å². The standard InChI is InChI=1S/C15H31N3O/c1-11(2)9-13(16)15(19)17-10-14(12(3)4)18-7-5-6-8-18/h11-14H,5-10,16H2,1-4H3,(H,17,19). The summed E-state index contributed by atoms with van der Waals surface area (Å²) in [6.07, 6.45) is 3.32. The second kappa shape index (κ2) is 7.85. The smallest absolute Gasteiger partial charge is 0.236 e. The van der Waals surface area contributed by atoms with Gasteiger partial charge in [-0.2, -0.15) is 0 Å². The fourth-order valence-electron chi connectivity index (χ4n) is 2.81. The van der Waals surface area contributed by atoms with Gasteiger partial charge in [0.2, 0.25) is 5.91 Å². The van der Waals surface area contributed by atoms with Crippen LogP contribution in [0.5, 0.6) is 0 Å². The summed E-state index contributed by atoms with van der Waals surface area (Å²) in [6.45, 7) is 11.7. The molecule has 0 aromatic rings. The molecule has 0 aromatic heterocycles. The van der Waals surface area contributed by atoms with E-state index in [4.69, 9.17) is 5.73 Å². The van der Waals surface area contributed by atoms with Crippen LogP contribution < -0.4 is 11.1 Å². The van der Waals surface area contributed by atoms with Crippen LogP contribution in [0.3, 0.4) is 0 Å². The summed E-state index contributed by atoms with van der Waals surface area (Å²) in [6, 6.07) is 0.0732.